The fourth-order valence-corrected chi connectivity index (χ4v) is 0.0572. The Kier molecular flexibility index (Phi) is 2.50. The average molecular weight is 161 g/mol. The molecule has 5 heteroatoms. The lowest BCUT2D eigenvalue weighted by atomic mass is 10.5. The SMILES string of the molecule is O=C(O)C(Cl)(Cl)CF. The molecule has 0 saturated heterocycles. The molecule has 0 unspecified atom stereocenters. The molecule has 0 atom stereocenters. The molecule has 0 saturated carbocycles. The molecule has 0 heterocycles. The van der Waals surface area contributed by atoms with Crippen LogP contribution in [0.1, 0.15) is 0 Å². The van der Waals surface area contributed by atoms with Gasteiger partial charge in [-0.15, -0.1) is 0 Å². The molecule has 0 aromatic carbocycles. The maximum Gasteiger partial charge on any atom is 0.342 e. The quantitative estimate of drug-likeness (QED) is 0.618. The molecular weight excluding hydrogens is 158 g/mol. The second-order valence-corrected chi connectivity index (χ2v) is 2.63. The van der Waals surface area contributed by atoms with Gasteiger partial charge >= 0.3 is 5.97 Å². The number of rotatable bonds is 2. The van der Waals surface area contributed by atoms with E-state index >= 15 is 0 Å². The second-order valence-electron chi connectivity index (χ2n) is 1.14. The first-order valence-electron chi connectivity index (χ1n) is 1.68. The van der Waals surface area contributed by atoms with Crippen molar-refractivity contribution in [1.82, 2.24) is 0 Å². The van der Waals surface area contributed by atoms with Crippen LogP contribution in [-0.4, -0.2) is 22.1 Å². The van der Waals surface area contributed by atoms with Crippen molar-refractivity contribution in [2.45, 2.75) is 4.33 Å². The normalized spacial score (nSPS) is 11.4. The van der Waals surface area contributed by atoms with Gasteiger partial charge in [-0.2, -0.15) is 0 Å². The molecule has 0 bridgehead atoms. The topological polar surface area (TPSA) is 37.3 Å². The Hall–Kier alpha value is -0.0200. The Morgan fingerprint density at radius 1 is 1.75 bits per heavy atom. The zero-order valence-electron chi connectivity index (χ0n) is 3.70. The van der Waals surface area contributed by atoms with Crippen LogP contribution < -0.4 is 0 Å². The Bertz CT molecular complexity index is 103. The summed E-state index contributed by atoms with van der Waals surface area (Å²) in [6, 6.07) is 0. The van der Waals surface area contributed by atoms with Gasteiger partial charge in [-0.25, -0.2) is 9.18 Å². The fraction of sp³-hybridized carbons (Fsp3) is 0.667. The van der Waals surface area contributed by atoms with Crippen molar-refractivity contribution >= 4 is 29.2 Å². The van der Waals surface area contributed by atoms with Crippen LogP contribution in [0.5, 0.6) is 0 Å². The summed E-state index contributed by atoms with van der Waals surface area (Å²) in [4.78, 5) is 9.75. The van der Waals surface area contributed by atoms with Gasteiger partial charge < -0.3 is 5.11 Å². The Labute approximate surface area is 55.2 Å². The number of carbonyl (C=O) groups is 1. The van der Waals surface area contributed by atoms with Crippen LogP contribution in [0.4, 0.5) is 4.39 Å². The first-order valence-corrected chi connectivity index (χ1v) is 2.43. The summed E-state index contributed by atoms with van der Waals surface area (Å²) in [5.74, 6) is -1.57. The monoisotopic (exact) mass is 160 g/mol. The summed E-state index contributed by atoms with van der Waals surface area (Å²) in [7, 11) is 0. The maximum absolute atomic E-state index is 11.4. The van der Waals surface area contributed by atoms with Gasteiger partial charge in [-0.05, 0) is 0 Å². The van der Waals surface area contributed by atoms with Crippen LogP contribution in [0, 0.1) is 0 Å². The summed E-state index contributed by atoms with van der Waals surface area (Å²) in [6.45, 7) is -1.29. The zero-order valence-corrected chi connectivity index (χ0v) is 5.21. The van der Waals surface area contributed by atoms with Gasteiger partial charge in [0.1, 0.15) is 6.67 Å². The molecule has 0 aromatic rings. The van der Waals surface area contributed by atoms with Crippen LogP contribution in [0.2, 0.25) is 0 Å². The van der Waals surface area contributed by atoms with Gasteiger partial charge in [0.15, 0.2) is 0 Å². The number of carboxylic acids is 1. The minimum atomic E-state index is -2.26. The molecule has 0 amide bonds. The van der Waals surface area contributed by atoms with Crippen molar-refractivity contribution in [3.8, 4) is 0 Å². The molecule has 48 valence electrons. The van der Waals surface area contributed by atoms with E-state index in [9.17, 15) is 9.18 Å². The highest BCUT2D eigenvalue weighted by Gasteiger charge is 2.33. The first-order chi connectivity index (χ1) is 3.50. The van der Waals surface area contributed by atoms with E-state index in [4.69, 9.17) is 28.3 Å². The molecule has 0 aromatic heterocycles. The van der Waals surface area contributed by atoms with Crippen molar-refractivity contribution in [3.63, 3.8) is 0 Å². The first kappa shape index (κ1) is 7.98. The van der Waals surface area contributed by atoms with Crippen LogP contribution >= 0.6 is 23.2 Å². The van der Waals surface area contributed by atoms with Crippen molar-refractivity contribution < 1.29 is 14.3 Å². The Balaban J connectivity index is 3.91. The highest BCUT2D eigenvalue weighted by molar-refractivity contribution is 6.57. The second kappa shape index (κ2) is 2.51. The predicted octanol–water partition coefficient (Wildman–Crippen LogP) is 1.21. The molecule has 0 aliphatic heterocycles. The predicted molar refractivity (Wildman–Crippen MR) is 28.0 cm³/mol. The smallest absolute Gasteiger partial charge is 0.342 e. The van der Waals surface area contributed by atoms with E-state index in [1.807, 2.05) is 0 Å². The van der Waals surface area contributed by atoms with Crippen LogP contribution in [0.25, 0.3) is 0 Å². The summed E-state index contributed by atoms with van der Waals surface area (Å²) in [6.07, 6.45) is 0. The van der Waals surface area contributed by atoms with Gasteiger partial charge in [-0.1, -0.05) is 23.2 Å². The Morgan fingerprint density at radius 3 is 2.12 bits per heavy atom. The van der Waals surface area contributed by atoms with E-state index < -0.39 is 17.0 Å². The molecule has 1 N–H and O–H groups in total. The summed E-state index contributed by atoms with van der Waals surface area (Å²) in [5.41, 5.74) is 0. The summed E-state index contributed by atoms with van der Waals surface area (Å²) in [5, 5.41) is 7.94. The molecule has 2 nitrogen and oxygen atoms in total. The molecule has 0 aliphatic rings. The van der Waals surface area contributed by atoms with Gasteiger partial charge in [0.2, 0.25) is 4.33 Å². The summed E-state index contributed by atoms with van der Waals surface area (Å²) >= 11 is 9.69. The van der Waals surface area contributed by atoms with E-state index in [0.29, 0.717) is 0 Å². The number of hydrogen-bond acceptors (Lipinski definition) is 1. The van der Waals surface area contributed by atoms with Crippen LogP contribution in [0.15, 0.2) is 0 Å². The minimum absolute atomic E-state index is 1.29. The molecule has 0 radical (unpaired) electrons. The van der Waals surface area contributed by atoms with Gasteiger partial charge in [0.05, 0.1) is 0 Å². The fourth-order valence-electron chi connectivity index (χ4n) is 0.0572. The molecule has 0 aliphatic carbocycles. The van der Waals surface area contributed by atoms with E-state index in [1.165, 1.54) is 0 Å². The van der Waals surface area contributed by atoms with Crippen molar-refractivity contribution in [1.29, 1.82) is 0 Å². The highest BCUT2D eigenvalue weighted by Crippen LogP contribution is 2.20. The van der Waals surface area contributed by atoms with Gasteiger partial charge in [0, 0.05) is 0 Å². The number of alkyl halides is 3. The number of hydrogen-bond donors (Lipinski definition) is 1. The minimum Gasteiger partial charge on any atom is -0.479 e. The maximum atomic E-state index is 11.4. The lowest BCUT2D eigenvalue weighted by molar-refractivity contribution is -0.138. The van der Waals surface area contributed by atoms with Crippen molar-refractivity contribution in [2.75, 3.05) is 6.67 Å². The third kappa shape index (κ3) is 1.84. The van der Waals surface area contributed by atoms with Crippen LogP contribution in [-0.2, 0) is 4.79 Å². The van der Waals surface area contributed by atoms with Crippen molar-refractivity contribution in [3.05, 3.63) is 0 Å². The standard InChI is InChI=1S/C3H3Cl2FO2/c4-3(5,1-6)2(7)8/h1H2,(H,7,8). The lowest BCUT2D eigenvalue weighted by Gasteiger charge is -2.06. The highest BCUT2D eigenvalue weighted by atomic mass is 35.5. The van der Waals surface area contributed by atoms with E-state index in [-0.39, 0.29) is 0 Å². The van der Waals surface area contributed by atoms with Crippen molar-refractivity contribution in [2.24, 2.45) is 0 Å². The van der Waals surface area contributed by atoms with Gasteiger partial charge in [-0.3, -0.25) is 0 Å². The van der Waals surface area contributed by atoms with E-state index in [1.54, 1.807) is 0 Å². The van der Waals surface area contributed by atoms with Gasteiger partial charge in [0.25, 0.3) is 0 Å². The average Bonchev–Trinajstić information content (AvgIpc) is 1.67. The number of halogens is 3. The third-order valence-electron chi connectivity index (χ3n) is 0.481. The Morgan fingerprint density at radius 2 is 2.12 bits per heavy atom. The molecule has 0 rings (SSSR count). The largest absolute Gasteiger partial charge is 0.479 e. The zero-order chi connectivity index (χ0) is 6.78. The molecular formula is C3H3Cl2FO2. The lowest BCUT2D eigenvalue weighted by Crippen LogP contribution is -2.27. The third-order valence-corrected chi connectivity index (χ3v) is 1.01. The molecule has 0 fully saturated rings. The molecule has 0 spiro atoms. The van der Waals surface area contributed by atoms with E-state index in [2.05, 4.69) is 0 Å². The summed E-state index contributed by atoms with van der Waals surface area (Å²) < 4.78 is 9.11. The molecule has 8 heavy (non-hydrogen) atoms. The van der Waals surface area contributed by atoms with Crippen LogP contribution in [0.3, 0.4) is 0 Å². The van der Waals surface area contributed by atoms with E-state index in [0.717, 1.165) is 0 Å². The number of aliphatic carboxylic acids is 1. The number of carboxylic acid groups (broad SMARTS) is 1.